The molecule has 1 amide bonds. The Labute approximate surface area is 124 Å². The van der Waals surface area contributed by atoms with E-state index in [4.69, 9.17) is 0 Å². The smallest absolute Gasteiger partial charge is 0.336 e. The highest BCUT2D eigenvalue weighted by Gasteiger charge is 2.36. The van der Waals surface area contributed by atoms with Gasteiger partial charge in [-0.25, -0.2) is 4.79 Å². The van der Waals surface area contributed by atoms with Crippen molar-refractivity contribution in [3.63, 3.8) is 0 Å². The Balaban J connectivity index is 1.81. The van der Waals surface area contributed by atoms with Crippen LogP contribution in [0.3, 0.4) is 0 Å². The summed E-state index contributed by atoms with van der Waals surface area (Å²) >= 11 is 0. The summed E-state index contributed by atoms with van der Waals surface area (Å²) in [5.41, 5.74) is 1.37. The number of carbonyl (C=O) groups is 2. The number of hydrogen-bond acceptors (Lipinski definition) is 3. The lowest BCUT2D eigenvalue weighted by Gasteiger charge is -2.36. The van der Waals surface area contributed by atoms with E-state index in [0.717, 1.165) is 38.0 Å². The molecular formula is C16H20N2O3. The lowest BCUT2D eigenvalue weighted by Crippen LogP contribution is -2.44. The maximum absolute atomic E-state index is 12.6. The topological polar surface area (TPSA) is 60.9 Å². The Morgan fingerprint density at radius 1 is 1.33 bits per heavy atom. The minimum atomic E-state index is -1.03. The number of amides is 1. The molecule has 21 heavy (non-hydrogen) atoms. The number of carbonyl (C=O) groups excluding carboxylic acids is 1. The van der Waals surface area contributed by atoms with E-state index in [1.165, 1.54) is 6.07 Å². The predicted molar refractivity (Wildman–Crippen MR) is 78.4 cm³/mol. The molecule has 0 aromatic heterocycles. The Morgan fingerprint density at radius 3 is 2.67 bits per heavy atom. The van der Waals surface area contributed by atoms with E-state index in [1.54, 1.807) is 6.07 Å². The third kappa shape index (κ3) is 2.42. The van der Waals surface area contributed by atoms with Crippen LogP contribution in [0.5, 0.6) is 0 Å². The fourth-order valence-corrected chi connectivity index (χ4v) is 3.40. The van der Waals surface area contributed by atoms with Crippen molar-refractivity contribution in [2.75, 3.05) is 19.6 Å². The normalized spacial score (nSPS) is 19.9. The number of fused-ring (bicyclic) bond motifs is 1. The first-order valence-electron chi connectivity index (χ1n) is 7.50. The average molecular weight is 288 g/mol. The lowest BCUT2D eigenvalue weighted by molar-refractivity contribution is 0.0590. The third-order valence-corrected chi connectivity index (χ3v) is 4.64. The molecule has 0 bridgehead atoms. The molecule has 2 aliphatic rings. The number of likely N-dealkylation sites (tertiary alicyclic amines) is 1. The molecule has 5 heteroatoms. The van der Waals surface area contributed by atoms with Crippen LogP contribution in [0.4, 0.5) is 0 Å². The van der Waals surface area contributed by atoms with Crippen LogP contribution in [-0.2, 0) is 6.54 Å². The van der Waals surface area contributed by atoms with Gasteiger partial charge in [0.15, 0.2) is 0 Å². The summed E-state index contributed by atoms with van der Waals surface area (Å²) in [5.74, 6) is -1.14. The van der Waals surface area contributed by atoms with E-state index < -0.39 is 5.97 Å². The van der Waals surface area contributed by atoms with E-state index in [9.17, 15) is 14.7 Å². The van der Waals surface area contributed by atoms with Gasteiger partial charge in [0.05, 0.1) is 11.1 Å². The number of benzene rings is 1. The van der Waals surface area contributed by atoms with Gasteiger partial charge in [-0.2, -0.15) is 0 Å². The van der Waals surface area contributed by atoms with Crippen molar-refractivity contribution in [2.24, 2.45) is 0 Å². The number of hydrogen-bond donors (Lipinski definition) is 1. The highest BCUT2D eigenvalue weighted by atomic mass is 16.4. The van der Waals surface area contributed by atoms with Crippen molar-refractivity contribution < 1.29 is 14.7 Å². The van der Waals surface area contributed by atoms with E-state index in [2.05, 4.69) is 11.8 Å². The highest BCUT2D eigenvalue weighted by molar-refractivity contribution is 6.07. The van der Waals surface area contributed by atoms with E-state index in [1.807, 2.05) is 11.0 Å². The number of rotatable bonds is 3. The molecule has 1 aromatic rings. The Hall–Kier alpha value is -1.88. The quantitative estimate of drug-likeness (QED) is 0.921. The van der Waals surface area contributed by atoms with Crippen molar-refractivity contribution >= 4 is 11.9 Å². The molecule has 1 saturated heterocycles. The van der Waals surface area contributed by atoms with E-state index in [-0.39, 0.29) is 17.5 Å². The highest BCUT2D eigenvalue weighted by Crippen LogP contribution is 2.30. The molecule has 1 aromatic carbocycles. The summed E-state index contributed by atoms with van der Waals surface area (Å²) in [5, 5.41) is 9.25. The van der Waals surface area contributed by atoms with Crippen LogP contribution in [0.15, 0.2) is 18.2 Å². The number of aromatic carboxylic acids is 1. The molecule has 0 radical (unpaired) electrons. The number of carboxylic acid groups (broad SMARTS) is 1. The monoisotopic (exact) mass is 288 g/mol. The lowest BCUT2D eigenvalue weighted by atomic mass is 10.0. The van der Waals surface area contributed by atoms with Crippen molar-refractivity contribution in [1.82, 2.24) is 9.80 Å². The summed E-state index contributed by atoms with van der Waals surface area (Å²) in [6.07, 6.45) is 1.94. The molecule has 112 valence electrons. The van der Waals surface area contributed by atoms with Gasteiger partial charge in [-0.05, 0) is 31.0 Å². The van der Waals surface area contributed by atoms with Crippen LogP contribution in [-0.4, -0.2) is 52.5 Å². The van der Waals surface area contributed by atoms with Crippen LogP contribution >= 0.6 is 0 Å². The number of nitrogens with zero attached hydrogens (tertiary/aromatic N) is 2. The van der Waals surface area contributed by atoms with E-state index >= 15 is 0 Å². The Bertz CT molecular complexity index is 577. The predicted octanol–water partition coefficient (Wildman–Crippen LogP) is 1.82. The largest absolute Gasteiger partial charge is 0.478 e. The van der Waals surface area contributed by atoms with Gasteiger partial charge in [0.1, 0.15) is 0 Å². The zero-order valence-corrected chi connectivity index (χ0v) is 12.2. The maximum Gasteiger partial charge on any atom is 0.336 e. The molecule has 2 heterocycles. The molecule has 1 N–H and O–H groups in total. The van der Waals surface area contributed by atoms with Gasteiger partial charge in [0.2, 0.25) is 0 Å². The summed E-state index contributed by atoms with van der Waals surface area (Å²) in [7, 11) is 0. The Morgan fingerprint density at radius 2 is 2.05 bits per heavy atom. The standard InChI is InChI=1S/C16H20N2O3/c1-2-17-8-6-12(7-9-17)18-10-11-4-3-5-13(16(20)21)14(11)15(18)19/h3-5,12H,2,6-10H2,1H3,(H,20,21). The molecule has 0 saturated carbocycles. The second-order valence-corrected chi connectivity index (χ2v) is 5.74. The van der Waals surface area contributed by atoms with Gasteiger partial charge in [0.25, 0.3) is 5.91 Å². The van der Waals surface area contributed by atoms with E-state index in [0.29, 0.717) is 12.1 Å². The van der Waals surface area contributed by atoms with Crippen LogP contribution in [0.25, 0.3) is 0 Å². The molecule has 2 aliphatic heterocycles. The summed E-state index contributed by atoms with van der Waals surface area (Å²) in [6, 6.07) is 5.33. The van der Waals surface area contributed by atoms with Crippen LogP contribution in [0.2, 0.25) is 0 Å². The number of carboxylic acids is 1. The zero-order chi connectivity index (χ0) is 15.0. The summed E-state index contributed by atoms with van der Waals surface area (Å²) in [4.78, 5) is 28.2. The first kappa shape index (κ1) is 14.1. The van der Waals surface area contributed by atoms with Gasteiger partial charge in [-0.3, -0.25) is 4.79 Å². The molecule has 0 atom stereocenters. The van der Waals surface area contributed by atoms with Gasteiger partial charge in [0, 0.05) is 25.7 Å². The second-order valence-electron chi connectivity index (χ2n) is 5.74. The van der Waals surface area contributed by atoms with Crippen molar-refractivity contribution in [3.8, 4) is 0 Å². The molecule has 5 nitrogen and oxygen atoms in total. The van der Waals surface area contributed by atoms with Gasteiger partial charge < -0.3 is 14.9 Å². The molecule has 0 unspecified atom stereocenters. The fourth-order valence-electron chi connectivity index (χ4n) is 3.40. The molecule has 3 rings (SSSR count). The van der Waals surface area contributed by atoms with Gasteiger partial charge in [-0.15, -0.1) is 0 Å². The minimum Gasteiger partial charge on any atom is -0.478 e. The summed E-state index contributed by atoms with van der Waals surface area (Å²) < 4.78 is 0. The van der Waals surface area contributed by atoms with Crippen LogP contribution in [0.1, 0.15) is 46.0 Å². The minimum absolute atomic E-state index is 0.113. The zero-order valence-electron chi connectivity index (χ0n) is 12.2. The van der Waals surface area contributed by atoms with Crippen LogP contribution in [0, 0.1) is 0 Å². The van der Waals surface area contributed by atoms with Crippen molar-refractivity contribution in [2.45, 2.75) is 32.4 Å². The average Bonchev–Trinajstić information content (AvgIpc) is 2.84. The summed E-state index contributed by atoms with van der Waals surface area (Å²) in [6.45, 7) is 5.76. The second kappa shape index (κ2) is 5.48. The number of piperidine rings is 1. The van der Waals surface area contributed by atoms with Gasteiger partial charge in [-0.1, -0.05) is 19.1 Å². The first-order valence-corrected chi connectivity index (χ1v) is 7.50. The van der Waals surface area contributed by atoms with Crippen LogP contribution < -0.4 is 0 Å². The first-order chi connectivity index (χ1) is 10.1. The maximum atomic E-state index is 12.6. The SMILES string of the molecule is CCN1CCC(N2Cc3cccc(C(=O)O)c3C2=O)CC1. The third-order valence-electron chi connectivity index (χ3n) is 4.64. The molecule has 1 fully saturated rings. The Kier molecular flexibility index (Phi) is 3.68. The van der Waals surface area contributed by atoms with Crippen molar-refractivity contribution in [3.05, 3.63) is 34.9 Å². The molecular weight excluding hydrogens is 268 g/mol. The van der Waals surface area contributed by atoms with Crippen molar-refractivity contribution in [1.29, 1.82) is 0 Å². The fraction of sp³-hybridized carbons (Fsp3) is 0.500. The van der Waals surface area contributed by atoms with Gasteiger partial charge >= 0.3 is 5.97 Å². The molecule has 0 spiro atoms. The molecule has 0 aliphatic carbocycles.